The van der Waals surface area contributed by atoms with Gasteiger partial charge in [0.05, 0.1) is 10.7 Å². The van der Waals surface area contributed by atoms with Crippen molar-refractivity contribution in [2.24, 2.45) is 0 Å². The van der Waals surface area contributed by atoms with Gasteiger partial charge in [-0.1, -0.05) is 6.92 Å². The van der Waals surface area contributed by atoms with Gasteiger partial charge < -0.3 is 5.73 Å². The maximum atomic E-state index is 5.85. The second kappa shape index (κ2) is 5.50. The smallest absolute Gasteiger partial charge is 0.109 e. The molecule has 2 N–H and O–H groups in total. The Morgan fingerprint density at radius 1 is 1.54 bits per heavy atom. The zero-order valence-corrected chi connectivity index (χ0v) is 9.80. The summed E-state index contributed by atoms with van der Waals surface area (Å²) in [5, 5.41) is 2.08. The van der Waals surface area contributed by atoms with E-state index >= 15 is 0 Å². The highest BCUT2D eigenvalue weighted by Gasteiger charge is 2.05. The molecular formula is C9H16N2S2. The van der Waals surface area contributed by atoms with Crippen molar-refractivity contribution in [2.75, 3.05) is 17.7 Å². The summed E-state index contributed by atoms with van der Waals surface area (Å²) in [7, 11) is 0. The Hall–Kier alpha value is -0.220. The van der Waals surface area contributed by atoms with Crippen LogP contribution in [0.2, 0.25) is 0 Å². The number of nitrogens with two attached hydrogens (primary N) is 1. The third-order valence-electron chi connectivity index (χ3n) is 1.84. The average molecular weight is 216 g/mol. The highest BCUT2D eigenvalue weighted by molar-refractivity contribution is 7.98. The number of hydrogen-bond acceptors (Lipinski definition) is 4. The summed E-state index contributed by atoms with van der Waals surface area (Å²) in [5.74, 6) is 1.19. The first kappa shape index (κ1) is 10.9. The molecule has 0 unspecified atom stereocenters. The first-order valence-corrected chi connectivity index (χ1v) is 6.72. The molecule has 0 aliphatic carbocycles. The normalized spacial score (nSPS) is 10.6. The number of aryl methyl sites for hydroxylation is 2. The third kappa shape index (κ3) is 3.19. The molecule has 1 heterocycles. The quantitative estimate of drug-likeness (QED) is 0.769. The molecule has 0 bridgehead atoms. The number of anilines is 1. The van der Waals surface area contributed by atoms with Crippen molar-refractivity contribution in [3.63, 3.8) is 0 Å². The van der Waals surface area contributed by atoms with Crippen molar-refractivity contribution in [2.45, 2.75) is 26.2 Å². The molecule has 4 heteroatoms. The molecule has 74 valence electrons. The molecule has 0 aliphatic rings. The average Bonchev–Trinajstić information content (AvgIpc) is 2.48. The number of rotatable bonds is 5. The van der Waals surface area contributed by atoms with Crippen molar-refractivity contribution in [3.8, 4) is 0 Å². The molecule has 0 amide bonds. The van der Waals surface area contributed by atoms with Crippen molar-refractivity contribution < 1.29 is 0 Å². The van der Waals surface area contributed by atoms with E-state index in [-0.39, 0.29) is 0 Å². The lowest BCUT2D eigenvalue weighted by Crippen LogP contribution is -1.93. The fourth-order valence-electron chi connectivity index (χ4n) is 1.13. The van der Waals surface area contributed by atoms with E-state index in [2.05, 4.69) is 18.2 Å². The Bertz CT molecular complexity index is 258. The van der Waals surface area contributed by atoms with Gasteiger partial charge in [0.15, 0.2) is 0 Å². The van der Waals surface area contributed by atoms with Gasteiger partial charge >= 0.3 is 0 Å². The summed E-state index contributed by atoms with van der Waals surface area (Å²) in [6, 6.07) is 0. The Kier molecular flexibility index (Phi) is 4.59. The monoisotopic (exact) mass is 216 g/mol. The van der Waals surface area contributed by atoms with Gasteiger partial charge in [0.1, 0.15) is 5.00 Å². The molecular weight excluding hydrogens is 200 g/mol. The fraction of sp³-hybridized carbons (Fsp3) is 0.667. The molecule has 0 aromatic carbocycles. The van der Waals surface area contributed by atoms with Gasteiger partial charge in [-0.2, -0.15) is 11.8 Å². The number of hydrogen-bond donors (Lipinski definition) is 1. The number of nitrogens with zero attached hydrogens (tertiary/aromatic N) is 1. The fourth-order valence-corrected chi connectivity index (χ4v) is 2.38. The molecule has 2 nitrogen and oxygen atoms in total. The highest BCUT2D eigenvalue weighted by Crippen LogP contribution is 2.22. The minimum Gasteiger partial charge on any atom is -0.389 e. The summed E-state index contributed by atoms with van der Waals surface area (Å²) in [4.78, 5) is 4.48. The zero-order valence-electron chi connectivity index (χ0n) is 8.17. The van der Waals surface area contributed by atoms with E-state index in [0.29, 0.717) is 0 Å². The largest absolute Gasteiger partial charge is 0.389 e. The molecule has 1 rings (SSSR count). The molecule has 1 aromatic heterocycles. The Morgan fingerprint density at radius 2 is 2.31 bits per heavy atom. The van der Waals surface area contributed by atoms with Gasteiger partial charge in [-0.25, -0.2) is 4.98 Å². The second-order valence-electron chi connectivity index (χ2n) is 2.87. The predicted molar refractivity (Wildman–Crippen MR) is 62.6 cm³/mol. The summed E-state index contributed by atoms with van der Waals surface area (Å²) in [5.41, 5.74) is 6.96. The maximum absolute atomic E-state index is 5.85. The van der Waals surface area contributed by atoms with Crippen LogP contribution in [0, 0.1) is 0 Å². The van der Waals surface area contributed by atoms with Crippen LogP contribution in [0.25, 0.3) is 0 Å². The van der Waals surface area contributed by atoms with E-state index in [0.717, 1.165) is 28.5 Å². The van der Waals surface area contributed by atoms with Crippen LogP contribution >= 0.6 is 23.1 Å². The van der Waals surface area contributed by atoms with Crippen LogP contribution < -0.4 is 5.73 Å². The van der Waals surface area contributed by atoms with Crippen LogP contribution in [-0.4, -0.2) is 17.0 Å². The first-order valence-electron chi connectivity index (χ1n) is 4.51. The summed E-state index contributed by atoms with van der Waals surface area (Å²) in [6.45, 7) is 2.12. The van der Waals surface area contributed by atoms with Crippen molar-refractivity contribution in [1.82, 2.24) is 4.98 Å². The molecule has 0 fully saturated rings. The van der Waals surface area contributed by atoms with Crippen molar-refractivity contribution >= 4 is 28.1 Å². The topological polar surface area (TPSA) is 38.9 Å². The van der Waals surface area contributed by atoms with Gasteiger partial charge in [0.2, 0.25) is 0 Å². The van der Waals surface area contributed by atoms with E-state index in [1.165, 1.54) is 12.2 Å². The minimum absolute atomic E-state index is 0.915. The molecule has 0 saturated heterocycles. The van der Waals surface area contributed by atoms with E-state index in [1.807, 2.05) is 11.8 Å². The first-order chi connectivity index (χ1) is 6.27. The predicted octanol–water partition coefficient (Wildman–Crippen LogP) is 2.58. The molecule has 13 heavy (non-hydrogen) atoms. The number of nitrogen functional groups attached to an aromatic ring is 1. The van der Waals surface area contributed by atoms with E-state index in [4.69, 9.17) is 5.73 Å². The molecule has 0 saturated carbocycles. The zero-order chi connectivity index (χ0) is 9.68. The van der Waals surface area contributed by atoms with E-state index < -0.39 is 0 Å². The Labute approximate surface area is 87.9 Å². The van der Waals surface area contributed by atoms with Crippen LogP contribution in [0.4, 0.5) is 5.00 Å². The number of aromatic nitrogens is 1. The third-order valence-corrected chi connectivity index (χ3v) is 3.60. The summed E-state index contributed by atoms with van der Waals surface area (Å²) in [6.07, 6.45) is 5.33. The minimum atomic E-state index is 0.915. The van der Waals surface area contributed by atoms with Crippen LogP contribution in [-0.2, 0) is 12.8 Å². The maximum Gasteiger partial charge on any atom is 0.109 e. The lowest BCUT2D eigenvalue weighted by atomic mass is 10.2. The number of thiazole rings is 1. The van der Waals surface area contributed by atoms with Crippen LogP contribution in [0.5, 0.6) is 0 Å². The van der Waals surface area contributed by atoms with Gasteiger partial charge in [-0.3, -0.25) is 0 Å². The van der Waals surface area contributed by atoms with Crippen molar-refractivity contribution in [1.29, 1.82) is 0 Å². The lowest BCUT2D eigenvalue weighted by Gasteiger charge is -1.96. The standard InChI is InChI=1S/C9H16N2S2/c1-3-8-11-7(9(10)13-8)5-4-6-12-2/h3-6,10H2,1-2H3. The molecule has 0 aliphatic heterocycles. The van der Waals surface area contributed by atoms with Gasteiger partial charge in [-0.15, -0.1) is 11.3 Å². The van der Waals surface area contributed by atoms with Crippen LogP contribution in [0.3, 0.4) is 0 Å². The Morgan fingerprint density at radius 3 is 2.85 bits per heavy atom. The van der Waals surface area contributed by atoms with Crippen LogP contribution in [0.15, 0.2) is 0 Å². The summed E-state index contributed by atoms with van der Waals surface area (Å²) < 4.78 is 0. The lowest BCUT2D eigenvalue weighted by molar-refractivity contribution is 0.892. The van der Waals surface area contributed by atoms with Crippen LogP contribution in [0.1, 0.15) is 24.0 Å². The molecule has 0 radical (unpaired) electrons. The van der Waals surface area contributed by atoms with E-state index in [1.54, 1.807) is 11.3 Å². The highest BCUT2D eigenvalue weighted by atomic mass is 32.2. The van der Waals surface area contributed by atoms with Gasteiger partial charge in [0, 0.05) is 0 Å². The van der Waals surface area contributed by atoms with Gasteiger partial charge in [0.25, 0.3) is 0 Å². The Balaban J connectivity index is 2.50. The molecule has 0 spiro atoms. The second-order valence-corrected chi connectivity index (χ2v) is 4.97. The summed E-state index contributed by atoms with van der Waals surface area (Å²) >= 11 is 3.51. The molecule has 1 aromatic rings. The molecule has 0 atom stereocenters. The number of thioether (sulfide) groups is 1. The van der Waals surface area contributed by atoms with Gasteiger partial charge in [-0.05, 0) is 31.3 Å². The SMILES string of the molecule is CCc1nc(CCCSC)c(N)s1. The van der Waals surface area contributed by atoms with E-state index in [9.17, 15) is 0 Å². The van der Waals surface area contributed by atoms with Crippen molar-refractivity contribution in [3.05, 3.63) is 10.7 Å².